The van der Waals surface area contributed by atoms with Gasteiger partial charge < -0.3 is 5.32 Å². The molecule has 0 amide bonds. The SMILES string of the molecule is N#Cc1c(Nc2cccc(Cl)c2)n[nH]c1[NH2+]Cc1ccc(S(F)(F)(F)(F)F)cc1. The Morgan fingerprint density at radius 1 is 1.10 bits per heavy atom. The first-order valence-electron chi connectivity index (χ1n) is 8.03. The number of nitrogens with one attached hydrogen (secondary N) is 2. The minimum Gasteiger partial charge on any atom is -0.337 e. The van der Waals surface area contributed by atoms with E-state index in [4.69, 9.17) is 11.6 Å². The molecule has 0 saturated carbocycles. The minimum absolute atomic E-state index is 0.105. The number of nitrogens with two attached hydrogens (primary N) is 1. The molecule has 0 bridgehead atoms. The van der Waals surface area contributed by atoms with Crippen LogP contribution >= 0.6 is 21.8 Å². The van der Waals surface area contributed by atoms with Crippen LogP contribution in [0.4, 0.5) is 36.8 Å². The van der Waals surface area contributed by atoms with Gasteiger partial charge in [-0.15, -0.1) is 0 Å². The minimum atomic E-state index is -9.69. The fourth-order valence-corrected chi connectivity index (χ4v) is 3.35. The molecule has 0 spiro atoms. The van der Waals surface area contributed by atoms with E-state index in [1.165, 1.54) is 5.32 Å². The number of halogens is 6. The maximum absolute atomic E-state index is 12.8. The summed E-state index contributed by atoms with van der Waals surface area (Å²) in [5, 5.41) is 21.0. The lowest BCUT2D eigenvalue weighted by atomic mass is 10.2. The molecule has 0 aliphatic rings. The molecule has 0 aliphatic carbocycles. The number of rotatable bonds is 6. The second-order valence-electron chi connectivity index (χ2n) is 6.13. The van der Waals surface area contributed by atoms with Gasteiger partial charge in [-0.3, -0.25) is 5.32 Å². The van der Waals surface area contributed by atoms with Crippen LogP contribution in [0.5, 0.6) is 0 Å². The summed E-state index contributed by atoms with van der Waals surface area (Å²) in [4.78, 5) is -1.94. The maximum atomic E-state index is 12.8. The van der Waals surface area contributed by atoms with Crippen LogP contribution in [0, 0.1) is 11.3 Å². The summed E-state index contributed by atoms with van der Waals surface area (Å²) in [5.74, 6) is 0.589. The van der Waals surface area contributed by atoms with Gasteiger partial charge in [0.15, 0.2) is 11.4 Å². The quantitative estimate of drug-likeness (QED) is 0.419. The number of benzene rings is 2. The molecule has 0 unspecified atom stereocenters. The molecule has 0 saturated heterocycles. The third-order valence-electron chi connectivity index (χ3n) is 3.90. The molecule has 5 nitrogen and oxygen atoms in total. The molecular formula is C17H14ClF5N5S+. The van der Waals surface area contributed by atoms with Crippen LogP contribution in [-0.2, 0) is 6.54 Å². The lowest BCUT2D eigenvalue weighted by Crippen LogP contribution is -2.76. The number of nitriles is 1. The van der Waals surface area contributed by atoms with Crippen LogP contribution in [0.25, 0.3) is 0 Å². The lowest BCUT2D eigenvalue weighted by molar-refractivity contribution is -0.592. The molecule has 0 aliphatic heterocycles. The van der Waals surface area contributed by atoms with Gasteiger partial charge in [-0.2, -0.15) is 10.4 Å². The highest BCUT2D eigenvalue weighted by atomic mass is 35.5. The highest BCUT2D eigenvalue weighted by Gasteiger charge is 2.65. The van der Waals surface area contributed by atoms with Crippen molar-refractivity contribution < 1.29 is 24.7 Å². The van der Waals surface area contributed by atoms with E-state index in [1.54, 1.807) is 24.3 Å². The van der Waals surface area contributed by atoms with Crippen molar-refractivity contribution in [1.29, 1.82) is 5.26 Å². The number of H-pyrrole nitrogens is 1. The van der Waals surface area contributed by atoms with Crippen molar-refractivity contribution in [1.82, 2.24) is 10.2 Å². The fraction of sp³-hybridized carbons (Fsp3) is 0.0588. The van der Waals surface area contributed by atoms with E-state index in [1.807, 2.05) is 6.07 Å². The highest BCUT2D eigenvalue weighted by molar-refractivity contribution is 8.45. The number of aromatic nitrogens is 2. The van der Waals surface area contributed by atoms with Gasteiger partial charge in [-0.1, -0.05) is 49.2 Å². The topological polar surface area (TPSA) is 81.1 Å². The predicted molar refractivity (Wildman–Crippen MR) is 101 cm³/mol. The average molecular weight is 451 g/mol. The zero-order valence-electron chi connectivity index (χ0n) is 14.5. The first-order valence-corrected chi connectivity index (χ1v) is 10.4. The largest absolute Gasteiger partial charge is 0.337 e. The number of nitrogens with zero attached hydrogens (tertiary/aromatic N) is 2. The Hall–Kier alpha value is -2.81. The number of aromatic amines is 1. The first kappa shape index (κ1) is 20.9. The summed E-state index contributed by atoms with van der Waals surface area (Å²) >= 11 is 5.91. The molecular weight excluding hydrogens is 437 g/mol. The van der Waals surface area contributed by atoms with Crippen LogP contribution < -0.4 is 10.6 Å². The lowest BCUT2D eigenvalue weighted by Gasteiger charge is -2.40. The zero-order chi connectivity index (χ0) is 21.3. The van der Waals surface area contributed by atoms with Gasteiger partial charge in [0.1, 0.15) is 17.5 Å². The molecule has 3 rings (SSSR count). The second kappa shape index (κ2) is 6.62. The van der Waals surface area contributed by atoms with Gasteiger partial charge in [-0.25, -0.2) is 5.10 Å². The summed E-state index contributed by atoms with van der Waals surface area (Å²) in [6.45, 7) is 0.105. The maximum Gasteiger partial charge on any atom is 0.310 e. The predicted octanol–water partition coefficient (Wildman–Crippen LogP) is 5.73. The molecule has 1 heterocycles. The van der Waals surface area contributed by atoms with Crippen molar-refractivity contribution in [2.24, 2.45) is 0 Å². The molecule has 29 heavy (non-hydrogen) atoms. The van der Waals surface area contributed by atoms with Gasteiger partial charge in [0.05, 0.1) is 0 Å². The Kier molecular flexibility index (Phi) is 4.77. The van der Waals surface area contributed by atoms with Gasteiger partial charge in [0, 0.05) is 16.3 Å². The summed E-state index contributed by atoms with van der Waals surface area (Å²) in [5.41, 5.74) is 1.16. The Labute approximate surface area is 167 Å². The average Bonchev–Trinajstić information content (AvgIpc) is 3.00. The smallest absolute Gasteiger partial charge is 0.310 e. The number of quaternary nitrogens is 1. The Bertz CT molecular complexity index is 1090. The Morgan fingerprint density at radius 3 is 2.38 bits per heavy atom. The van der Waals surface area contributed by atoms with Crippen LogP contribution in [0.1, 0.15) is 11.1 Å². The third kappa shape index (κ3) is 5.17. The van der Waals surface area contributed by atoms with Gasteiger partial charge in [0.25, 0.3) is 0 Å². The van der Waals surface area contributed by atoms with E-state index in [0.717, 1.165) is 12.1 Å². The highest BCUT2D eigenvalue weighted by Crippen LogP contribution is 3.02. The third-order valence-corrected chi connectivity index (χ3v) is 5.30. The van der Waals surface area contributed by atoms with Crippen molar-refractivity contribution in [3.05, 3.63) is 64.7 Å². The summed E-state index contributed by atoms with van der Waals surface area (Å²) in [6.07, 6.45) is 0. The summed E-state index contributed by atoms with van der Waals surface area (Å²) < 4.78 is 63.8. The number of anilines is 2. The van der Waals surface area contributed by atoms with Crippen molar-refractivity contribution in [3.63, 3.8) is 0 Å². The number of hydrogen-bond acceptors (Lipinski definition) is 3. The summed E-state index contributed by atoms with van der Waals surface area (Å²) in [7, 11) is -9.69. The van der Waals surface area contributed by atoms with Gasteiger partial charge in [0.2, 0.25) is 5.82 Å². The molecule has 3 aromatic rings. The number of hydrogen-bond donors (Lipinski definition) is 3. The Balaban J connectivity index is 1.73. The molecule has 0 atom stereocenters. The normalized spacial score (nSPS) is 14.0. The Morgan fingerprint density at radius 2 is 1.79 bits per heavy atom. The molecule has 2 aromatic carbocycles. The van der Waals surface area contributed by atoms with Crippen LogP contribution in [0.2, 0.25) is 5.02 Å². The molecule has 1 aromatic heterocycles. The standard InChI is InChI=1S/C17H13ClF5N5S/c18-12-2-1-3-13(8-12)26-17-15(9-24)16(27-28-17)25-10-11-4-6-14(7-5-11)29(19,20,21,22)23/h1-8H,10H2,(H3,25,26,27,28)/p+1. The first-order chi connectivity index (χ1) is 13.4. The van der Waals surface area contributed by atoms with Crippen LogP contribution in [-0.4, -0.2) is 10.2 Å². The van der Waals surface area contributed by atoms with Gasteiger partial charge in [-0.05, 0) is 30.3 Å². The van der Waals surface area contributed by atoms with E-state index in [-0.39, 0.29) is 17.9 Å². The van der Waals surface area contributed by atoms with Crippen molar-refractivity contribution in [2.75, 3.05) is 5.32 Å². The van der Waals surface area contributed by atoms with E-state index < -0.39 is 15.1 Å². The fourth-order valence-electron chi connectivity index (χ4n) is 2.51. The molecule has 4 N–H and O–H groups in total. The molecule has 154 valence electrons. The van der Waals surface area contributed by atoms with Crippen molar-refractivity contribution in [2.45, 2.75) is 11.4 Å². The molecule has 0 fully saturated rings. The van der Waals surface area contributed by atoms with Crippen LogP contribution in [0.3, 0.4) is 0 Å². The monoisotopic (exact) mass is 450 g/mol. The van der Waals surface area contributed by atoms with Crippen molar-refractivity contribution >= 4 is 39.1 Å². The molecule has 0 radical (unpaired) electrons. The molecule has 12 heteroatoms. The second-order valence-corrected chi connectivity index (χ2v) is 8.97. The van der Waals surface area contributed by atoms with Gasteiger partial charge >= 0.3 is 10.2 Å². The van der Waals surface area contributed by atoms with E-state index in [2.05, 4.69) is 15.5 Å². The van der Waals surface area contributed by atoms with E-state index in [0.29, 0.717) is 34.2 Å². The zero-order valence-corrected chi connectivity index (χ0v) is 16.0. The van der Waals surface area contributed by atoms with Crippen LogP contribution in [0.15, 0.2) is 53.4 Å². The van der Waals surface area contributed by atoms with E-state index >= 15 is 0 Å². The summed E-state index contributed by atoms with van der Waals surface area (Å²) in [6, 6.07) is 11.4. The van der Waals surface area contributed by atoms with Crippen molar-refractivity contribution in [3.8, 4) is 6.07 Å². The van der Waals surface area contributed by atoms with E-state index in [9.17, 15) is 24.7 Å².